The predicted molar refractivity (Wildman–Crippen MR) is 94.4 cm³/mol. The van der Waals surface area contributed by atoms with Gasteiger partial charge in [0.15, 0.2) is 0 Å². The second-order valence-corrected chi connectivity index (χ2v) is 7.58. The van der Waals surface area contributed by atoms with Crippen LogP contribution in [0.25, 0.3) is 0 Å². The molecular formula is C20H28N2O2. The van der Waals surface area contributed by atoms with Crippen molar-refractivity contribution in [2.24, 2.45) is 11.8 Å². The van der Waals surface area contributed by atoms with Crippen LogP contribution in [0.3, 0.4) is 0 Å². The molecule has 2 atom stereocenters. The first-order chi connectivity index (χ1) is 11.5. The predicted octanol–water partition coefficient (Wildman–Crippen LogP) is 3.07. The molecule has 0 aromatic heterocycles. The van der Waals surface area contributed by atoms with E-state index in [1.165, 1.54) is 11.1 Å². The summed E-state index contributed by atoms with van der Waals surface area (Å²) >= 11 is 0. The molecule has 1 aliphatic carbocycles. The van der Waals surface area contributed by atoms with Gasteiger partial charge in [0.25, 0.3) is 0 Å². The molecule has 1 aliphatic heterocycles. The summed E-state index contributed by atoms with van der Waals surface area (Å²) in [6.45, 7) is 5.66. The number of amides is 2. The Morgan fingerprint density at radius 3 is 2.92 bits per heavy atom. The molecule has 130 valence electrons. The quantitative estimate of drug-likeness (QED) is 0.903. The SMILES string of the molecule is CC(C)CCN1CC(C(=O)NC2CCCc3ccccc32)CC1=O. The summed E-state index contributed by atoms with van der Waals surface area (Å²) in [5.74, 6) is 0.542. The summed E-state index contributed by atoms with van der Waals surface area (Å²) in [7, 11) is 0. The third kappa shape index (κ3) is 3.80. The summed E-state index contributed by atoms with van der Waals surface area (Å²) in [5.41, 5.74) is 2.59. The molecule has 24 heavy (non-hydrogen) atoms. The van der Waals surface area contributed by atoms with Gasteiger partial charge in [0.2, 0.25) is 11.8 Å². The van der Waals surface area contributed by atoms with Crippen molar-refractivity contribution in [3.8, 4) is 0 Å². The van der Waals surface area contributed by atoms with E-state index in [1.54, 1.807) is 0 Å². The van der Waals surface area contributed by atoms with Crippen LogP contribution in [0, 0.1) is 11.8 Å². The average molecular weight is 328 g/mol. The number of carbonyl (C=O) groups is 2. The van der Waals surface area contributed by atoms with Crippen LogP contribution in [0.1, 0.15) is 56.7 Å². The van der Waals surface area contributed by atoms with E-state index in [0.29, 0.717) is 18.9 Å². The zero-order valence-corrected chi connectivity index (χ0v) is 14.8. The van der Waals surface area contributed by atoms with Crippen molar-refractivity contribution in [2.45, 2.75) is 52.0 Å². The van der Waals surface area contributed by atoms with E-state index < -0.39 is 0 Å². The van der Waals surface area contributed by atoms with Crippen LogP contribution in [0.15, 0.2) is 24.3 Å². The van der Waals surface area contributed by atoms with E-state index in [0.717, 1.165) is 32.2 Å². The Morgan fingerprint density at radius 1 is 1.33 bits per heavy atom. The van der Waals surface area contributed by atoms with Crippen molar-refractivity contribution >= 4 is 11.8 Å². The topological polar surface area (TPSA) is 49.4 Å². The fourth-order valence-electron chi connectivity index (χ4n) is 3.77. The van der Waals surface area contributed by atoms with Gasteiger partial charge in [-0.3, -0.25) is 9.59 Å². The second kappa shape index (κ2) is 7.37. The third-order valence-corrected chi connectivity index (χ3v) is 5.25. The fraction of sp³-hybridized carbons (Fsp3) is 0.600. The second-order valence-electron chi connectivity index (χ2n) is 7.58. The Kier molecular flexibility index (Phi) is 5.22. The molecule has 1 fully saturated rings. The van der Waals surface area contributed by atoms with Gasteiger partial charge in [-0.25, -0.2) is 0 Å². The molecule has 4 heteroatoms. The largest absolute Gasteiger partial charge is 0.349 e. The Bertz CT molecular complexity index is 611. The van der Waals surface area contributed by atoms with Gasteiger partial charge in [0.05, 0.1) is 12.0 Å². The highest BCUT2D eigenvalue weighted by Crippen LogP contribution is 2.30. The first-order valence-electron chi connectivity index (χ1n) is 9.20. The smallest absolute Gasteiger partial charge is 0.225 e. The summed E-state index contributed by atoms with van der Waals surface area (Å²) in [6, 6.07) is 8.47. The van der Waals surface area contributed by atoms with E-state index in [-0.39, 0.29) is 23.8 Å². The molecule has 0 bridgehead atoms. The molecule has 2 amide bonds. The molecule has 4 nitrogen and oxygen atoms in total. The van der Waals surface area contributed by atoms with Crippen LogP contribution < -0.4 is 5.32 Å². The van der Waals surface area contributed by atoms with E-state index in [2.05, 4.69) is 37.4 Å². The number of aryl methyl sites for hydroxylation is 1. The highest BCUT2D eigenvalue weighted by atomic mass is 16.2. The van der Waals surface area contributed by atoms with E-state index in [4.69, 9.17) is 0 Å². The number of carbonyl (C=O) groups excluding carboxylic acids is 2. The summed E-state index contributed by atoms with van der Waals surface area (Å²) in [4.78, 5) is 26.7. The molecule has 2 aliphatic rings. The zero-order chi connectivity index (χ0) is 17.1. The lowest BCUT2D eigenvalue weighted by Crippen LogP contribution is -2.37. The van der Waals surface area contributed by atoms with Crippen LogP contribution >= 0.6 is 0 Å². The summed E-state index contributed by atoms with van der Waals surface area (Å²) in [6.07, 6.45) is 4.54. The van der Waals surface area contributed by atoms with Crippen LogP contribution in [0.4, 0.5) is 0 Å². The van der Waals surface area contributed by atoms with Crippen molar-refractivity contribution in [3.05, 3.63) is 35.4 Å². The molecule has 0 radical (unpaired) electrons. The monoisotopic (exact) mass is 328 g/mol. The third-order valence-electron chi connectivity index (χ3n) is 5.25. The minimum atomic E-state index is -0.196. The molecule has 0 spiro atoms. The van der Waals surface area contributed by atoms with Crippen molar-refractivity contribution in [3.63, 3.8) is 0 Å². The lowest BCUT2D eigenvalue weighted by molar-refractivity contribution is -0.129. The minimum absolute atomic E-state index is 0.0390. The van der Waals surface area contributed by atoms with Crippen molar-refractivity contribution in [1.29, 1.82) is 0 Å². The van der Waals surface area contributed by atoms with Gasteiger partial charge >= 0.3 is 0 Å². The highest BCUT2D eigenvalue weighted by Gasteiger charge is 2.35. The number of rotatable bonds is 5. The Hall–Kier alpha value is -1.84. The number of likely N-dealkylation sites (tertiary alicyclic amines) is 1. The minimum Gasteiger partial charge on any atom is -0.349 e. The zero-order valence-electron chi connectivity index (χ0n) is 14.8. The Morgan fingerprint density at radius 2 is 2.12 bits per heavy atom. The first-order valence-corrected chi connectivity index (χ1v) is 9.20. The molecule has 1 saturated heterocycles. The number of hydrogen-bond donors (Lipinski definition) is 1. The maximum absolute atomic E-state index is 12.7. The van der Waals surface area contributed by atoms with Gasteiger partial charge in [0, 0.05) is 19.5 Å². The lowest BCUT2D eigenvalue weighted by Gasteiger charge is -2.27. The van der Waals surface area contributed by atoms with Crippen molar-refractivity contribution in [2.75, 3.05) is 13.1 Å². The maximum atomic E-state index is 12.7. The van der Waals surface area contributed by atoms with E-state index >= 15 is 0 Å². The van der Waals surface area contributed by atoms with E-state index in [1.807, 2.05) is 11.0 Å². The average Bonchev–Trinajstić information content (AvgIpc) is 2.94. The molecule has 1 aromatic carbocycles. The highest BCUT2D eigenvalue weighted by molar-refractivity contribution is 5.89. The normalized spacial score (nSPS) is 23.5. The number of benzene rings is 1. The van der Waals surface area contributed by atoms with Crippen LogP contribution in [-0.4, -0.2) is 29.8 Å². The van der Waals surface area contributed by atoms with Gasteiger partial charge in [-0.2, -0.15) is 0 Å². The fourth-order valence-corrected chi connectivity index (χ4v) is 3.77. The van der Waals surface area contributed by atoms with Crippen LogP contribution in [-0.2, 0) is 16.0 Å². The standard InChI is InChI=1S/C20H28N2O2/c1-14(2)10-11-22-13-16(12-19(22)23)20(24)21-18-9-5-7-15-6-3-4-8-17(15)18/h3-4,6,8,14,16,18H,5,7,9-13H2,1-2H3,(H,21,24). The van der Waals surface area contributed by atoms with Gasteiger partial charge in [-0.1, -0.05) is 38.1 Å². The van der Waals surface area contributed by atoms with Crippen molar-refractivity contribution < 1.29 is 9.59 Å². The maximum Gasteiger partial charge on any atom is 0.225 e. The number of nitrogens with one attached hydrogen (secondary N) is 1. The molecule has 2 unspecified atom stereocenters. The van der Waals surface area contributed by atoms with Gasteiger partial charge < -0.3 is 10.2 Å². The Labute approximate surface area is 144 Å². The summed E-state index contributed by atoms with van der Waals surface area (Å²) in [5, 5.41) is 3.21. The molecule has 1 N–H and O–H groups in total. The number of hydrogen-bond acceptors (Lipinski definition) is 2. The molecular weight excluding hydrogens is 300 g/mol. The van der Waals surface area contributed by atoms with E-state index in [9.17, 15) is 9.59 Å². The van der Waals surface area contributed by atoms with Gasteiger partial charge in [0.1, 0.15) is 0 Å². The molecule has 3 rings (SSSR count). The number of nitrogens with zero attached hydrogens (tertiary/aromatic N) is 1. The Balaban J connectivity index is 1.59. The summed E-state index contributed by atoms with van der Waals surface area (Å²) < 4.78 is 0. The number of fused-ring (bicyclic) bond motifs is 1. The van der Waals surface area contributed by atoms with Gasteiger partial charge in [-0.15, -0.1) is 0 Å². The molecule has 0 saturated carbocycles. The molecule has 1 heterocycles. The van der Waals surface area contributed by atoms with Crippen molar-refractivity contribution in [1.82, 2.24) is 10.2 Å². The van der Waals surface area contributed by atoms with Gasteiger partial charge in [-0.05, 0) is 42.7 Å². The lowest BCUT2D eigenvalue weighted by atomic mass is 9.87. The van der Waals surface area contributed by atoms with Crippen LogP contribution in [0.2, 0.25) is 0 Å². The molecule has 1 aromatic rings. The first kappa shape index (κ1) is 17.0. The van der Waals surface area contributed by atoms with Crippen LogP contribution in [0.5, 0.6) is 0 Å².